The second-order valence-electron chi connectivity index (χ2n) is 6.33. The molecule has 0 saturated heterocycles. The number of hydrogen-bond donors (Lipinski definition) is 1. The third-order valence-electron chi connectivity index (χ3n) is 4.39. The van der Waals surface area contributed by atoms with E-state index >= 15 is 0 Å². The average Bonchev–Trinajstić information content (AvgIpc) is 3.27. The normalized spacial score (nSPS) is 12.3. The van der Waals surface area contributed by atoms with Crippen molar-refractivity contribution < 1.29 is 17.6 Å². The molecule has 3 aromatic rings. The molecular weight excluding hydrogens is 411 g/mol. The van der Waals surface area contributed by atoms with Crippen molar-refractivity contribution in [2.45, 2.75) is 23.6 Å². The molecule has 29 heavy (non-hydrogen) atoms. The summed E-state index contributed by atoms with van der Waals surface area (Å²) < 4.78 is 41.5. The monoisotopic (exact) mass is 432 g/mol. The van der Waals surface area contributed by atoms with Crippen molar-refractivity contribution in [3.8, 4) is 0 Å². The summed E-state index contributed by atoms with van der Waals surface area (Å²) in [6.45, 7) is 1.40. The predicted molar refractivity (Wildman–Crippen MR) is 113 cm³/mol. The number of sulfonamides is 1. The number of nitrogens with zero attached hydrogens (tertiary/aromatic N) is 1. The van der Waals surface area contributed by atoms with Crippen LogP contribution in [0.5, 0.6) is 0 Å². The van der Waals surface area contributed by atoms with Crippen molar-refractivity contribution in [3.63, 3.8) is 0 Å². The molecule has 1 amide bonds. The molecule has 2 aromatic carbocycles. The average molecular weight is 433 g/mol. The van der Waals surface area contributed by atoms with Gasteiger partial charge in [0, 0.05) is 0 Å². The minimum atomic E-state index is -4.08. The smallest absolute Gasteiger partial charge is 0.274 e. The molecule has 5 nitrogen and oxygen atoms in total. The lowest BCUT2D eigenvalue weighted by atomic mass is 10.0. The fourth-order valence-corrected chi connectivity index (χ4v) is 5.48. The molecule has 0 aliphatic heterocycles. The van der Waals surface area contributed by atoms with E-state index in [-0.39, 0.29) is 15.9 Å². The third-order valence-corrected chi connectivity index (χ3v) is 7.53. The molecule has 0 radical (unpaired) electrons. The van der Waals surface area contributed by atoms with E-state index in [1.54, 1.807) is 11.4 Å². The zero-order chi connectivity index (χ0) is 20.9. The van der Waals surface area contributed by atoms with E-state index in [2.05, 4.69) is 5.32 Å². The van der Waals surface area contributed by atoms with Crippen molar-refractivity contribution in [2.75, 3.05) is 10.8 Å². The molecular formula is C21H21FN2O3S2. The first kappa shape index (κ1) is 21.0. The molecule has 8 heteroatoms. The summed E-state index contributed by atoms with van der Waals surface area (Å²) in [7, 11) is -4.08. The van der Waals surface area contributed by atoms with Crippen LogP contribution < -0.4 is 9.62 Å². The highest BCUT2D eigenvalue weighted by Gasteiger charge is 2.30. The SMILES string of the molecule is CCC(NC(=O)CN(c1ccccc1F)S(=O)(=O)c1cccs1)c1ccccc1. The van der Waals surface area contributed by atoms with Crippen molar-refractivity contribution in [1.29, 1.82) is 0 Å². The number of halogens is 1. The van der Waals surface area contributed by atoms with Gasteiger partial charge >= 0.3 is 0 Å². The molecule has 1 unspecified atom stereocenters. The van der Waals surface area contributed by atoms with E-state index in [0.29, 0.717) is 6.42 Å². The maximum Gasteiger partial charge on any atom is 0.274 e. The lowest BCUT2D eigenvalue weighted by molar-refractivity contribution is -0.120. The van der Waals surface area contributed by atoms with Gasteiger partial charge in [-0.15, -0.1) is 11.3 Å². The second-order valence-corrected chi connectivity index (χ2v) is 9.37. The number of para-hydroxylation sites is 1. The first-order chi connectivity index (χ1) is 13.9. The molecule has 0 saturated carbocycles. The topological polar surface area (TPSA) is 66.5 Å². The number of rotatable bonds is 8. The quantitative estimate of drug-likeness (QED) is 0.575. The summed E-state index contributed by atoms with van der Waals surface area (Å²) in [5.41, 5.74) is 0.755. The van der Waals surface area contributed by atoms with E-state index in [1.165, 1.54) is 30.3 Å². The Labute approximate surface area is 173 Å². The summed E-state index contributed by atoms with van der Waals surface area (Å²) in [5, 5.41) is 4.48. The molecule has 0 aliphatic rings. The van der Waals surface area contributed by atoms with Gasteiger partial charge in [-0.3, -0.25) is 9.10 Å². The number of hydrogen-bond acceptors (Lipinski definition) is 4. The lowest BCUT2D eigenvalue weighted by Gasteiger charge is -2.25. The van der Waals surface area contributed by atoms with Crippen molar-refractivity contribution in [3.05, 3.63) is 83.5 Å². The van der Waals surface area contributed by atoms with Gasteiger partial charge in [-0.2, -0.15) is 0 Å². The molecule has 1 aromatic heterocycles. The Morgan fingerprint density at radius 2 is 1.76 bits per heavy atom. The standard InChI is InChI=1S/C21H21FN2O3S2/c1-2-18(16-9-4-3-5-10-16)23-20(25)15-24(19-12-7-6-11-17(19)22)29(26,27)21-13-8-14-28-21/h3-14,18H,2,15H2,1H3,(H,23,25). The first-order valence-electron chi connectivity index (χ1n) is 9.08. The number of carbonyl (C=O) groups is 1. The second kappa shape index (κ2) is 9.19. The Morgan fingerprint density at radius 3 is 2.38 bits per heavy atom. The van der Waals surface area contributed by atoms with Crippen molar-refractivity contribution in [2.24, 2.45) is 0 Å². The first-order valence-corrected chi connectivity index (χ1v) is 11.4. The number of benzene rings is 2. The van der Waals surface area contributed by atoms with E-state index in [0.717, 1.165) is 21.2 Å². The van der Waals surface area contributed by atoms with Gasteiger partial charge < -0.3 is 5.32 Å². The number of nitrogens with one attached hydrogen (secondary N) is 1. The highest BCUT2D eigenvalue weighted by molar-refractivity contribution is 7.94. The van der Waals surface area contributed by atoms with Gasteiger partial charge in [0.2, 0.25) is 5.91 Å². The summed E-state index contributed by atoms with van der Waals surface area (Å²) in [5.74, 6) is -1.22. The number of thiophene rings is 1. The van der Waals surface area contributed by atoms with Crippen LogP contribution in [0.15, 0.2) is 76.3 Å². The molecule has 1 heterocycles. The molecule has 0 bridgehead atoms. The van der Waals surface area contributed by atoms with Crippen LogP contribution >= 0.6 is 11.3 Å². The molecule has 1 N–H and O–H groups in total. The number of anilines is 1. The van der Waals surface area contributed by atoms with E-state index in [4.69, 9.17) is 0 Å². The van der Waals surface area contributed by atoms with Crippen LogP contribution in [-0.2, 0) is 14.8 Å². The Bertz CT molecular complexity index is 1050. The summed E-state index contributed by atoms with van der Waals surface area (Å²) in [6, 6.07) is 17.7. The van der Waals surface area contributed by atoms with Crippen LogP contribution in [0, 0.1) is 5.82 Å². The van der Waals surface area contributed by atoms with Gasteiger partial charge in [0.15, 0.2) is 0 Å². The Hall–Kier alpha value is -2.71. The van der Waals surface area contributed by atoms with Crippen LogP contribution in [-0.4, -0.2) is 20.9 Å². The van der Waals surface area contributed by atoms with Gasteiger partial charge in [0.1, 0.15) is 16.6 Å². The summed E-state index contributed by atoms with van der Waals surface area (Å²) >= 11 is 1.02. The zero-order valence-electron chi connectivity index (χ0n) is 15.8. The molecule has 0 spiro atoms. The van der Waals surface area contributed by atoms with Gasteiger partial charge in [0.25, 0.3) is 10.0 Å². The minimum absolute atomic E-state index is 0.0450. The zero-order valence-corrected chi connectivity index (χ0v) is 17.4. The van der Waals surface area contributed by atoms with Gasteiger partial charge in [-0.25, -0.2) is 12.8 Å². The summed E-state index contributed by atoms with van der Waals surface area (Å²) in [4.78, 5) is 12.8. The number of amides is 1. The highest BCUT2D eigenvalue weighted by atomic mass is 32.2. The molecule has 1 atom stereocenters. The molecule has 0 fully saturated rings. The van der Waals surface area contributed by atoms with Crippen LogP contribution in [0.4, 0.5) is 10.1 Å². The maximum absolute atomic E-state index is 14.4. The Balaban J connectivity index is 1.89. The van der Waals surface area contributed by atoms with E-state index < -0.39 is 28.3 Å². The number of carbonyl (C=O) groups excluding carboxylic acids is 1. The van der Waals surface area contributed by atoms with E-state index in [1.807, 2.05) is 37.3 Å². The van der Waals surface area contributed by atoms with Crippen LogP contribution in [0.25, 0.3) is 0 Å². The Morgan fingerprint density at radius 1 is 1.07 bits per heavy atom. The Kier molecular flexibility index (Phi) is 6.66. The fourth-order valence-electron chi connectivity index (χ4n) is 2.95. The molecule has 0 aliphatic carbocycles. The predicted octanol–water partition coefficient (Wildman–Crippen LogP) is 4.35. The maximum atomic E-state index is 14.4. The highest BCUT2D eigenvalue weighted by Crippen LogP contribution is 2.28. The lowest BCUT2D eigenvalue weighted by Crippen LogP contribution is -2.42. The largest absolute Gasteiger partial charge is 0.348 e. The third kappa shape index (κ3) is 4.83. The summed E-state index contributed by atoms with van der Waals surface area (Å²) in [6.07, 6.45) is 0.632. The van der Waals surface area contributed by atoms with Gasteiger partial charge in [-0.05, 0) is 35.6 Å². The fraction of sp³-hybridized carbons (Fsp3) is 0.190. The van der Waals surface area contributed by atoms with Crippen LogP contribution in [0.3, 0.4) is 0 Å². The van der Waals surface area contributed by atoms with Gasteiger partial charge in [-0.1, -0.05) is 55.5 Å². The van der Waals surface area contributed by atoms with Gasteiger partial charge in [0.05, 0.1) is 11.7 Å². The van der Waals surface area contributed by atoms with Crippen LogP contribution in [0.1, 0.15) is 24.9 Å². The molecule has 3 rings (SSSR count). The van der Waals surface area contributed by atoms with Crippen molar-refractivity contribution >= 4 is 33.0 Å². The molecule has 152 valence electrons. The van der Waals surface area contributed by atoms with Crippen molar-refractivity contribution in [1.82, 2.24) is 5.32 Å². The minimum Gasteiger partial charge on any atom is -0.348 e. The van der Waals surface area contributed by atoms with E-state index in [9.17, 15) is 17.6 Å². The van der Waals surface area contributed by atoms with Crippen LogP contribution in [0.2, 0.25) is 0 Å².